The number of alkyl halides is 3. The van der Waals surface area contributed by atoms with Gasteiger partial charge in [0.05, 0.1) is 5.71 Å². The molecular weight excluding hydrogens is 193 g/mol. The summed E-state index contributed by atoms with van der Waals surface area (Å²) in [5.74, 6) is 0.777. The number of hydrogen-bond donors (Lipinski definition) is 0. The molecular formula is C9H7F3N2. The van der Waals surface area contributed by atoms with Gasteiger partial charge >= 0.3 is 6.18 Å². The standard InChI is InChI=1S/C9H7F3N2/c10-9(11,12)8-5-2-1-4-3-6(4)7(5)13-14-8/h2,4,6H,1,3H2. The Kier molecular flexibility index (Phi) is 1.33. The van der Waals surface area contributed by atoms with Crippen LogP contribution in [0.5, 0.6) is 0 Å². The van der Waals surface area contributed by atoms with Gasteiger partial charge in [0.2, 0.25) is 0 Å². The van der Waals surface area contributed by atoms with Crippen LogP contribution in [0.2, 0.25) is 0 Å². The maximum atomic E-state index is 12.4. The van der Waals surface area contributed by atoms with Crippen molar-refractivity contribution in [1.82, 2.24) is 0 Å². The van der Waals surface area contributed by atoms with Crippen molar-refractivity contribution in [2.45, 2.75) is 19.0 Å². The second kappa shape index (κ2) is 2.27. The summed E-state index contributed by atoms with van der Waals surface area (Å²) >= 11 is 0. The van der Waals surface area contributed by atoms with Crippen molar-refractivity contribution in [3.05, 3.63) is 11.6 Å². The molecule has 2 atom stereocenters. The molecule has 3 rings (SSSR count). The first-order valence-electron chi connectivity index (χ1n) is 4.51. The summed E-state index contributed by atoms with van der Waals surface area (Å²) in [5.41, 5.74) is -0.0114. The van der Waals surface area contributed by atoms with E-state index in [1.54, 1.807) is 6.08 Å². The van der Waals surface area contributed by atoms with Gasteiger partial charge in [-0.05, 0) is 18.8 Å². The molecule has 1 heterocycles. The van der Waals surface area contributed by atoms with Gasteiger partial charge < -0.3 is 0 Å². The second-order valence-corrected chi connectivity index (χ2v) is 3.89. The van der Waals surface area contributed by atoms with Crippen LogP contribution in [0.1, 0.15) is 12.8 Å². The van der Waals surface area contributed by atoms with Crippen LogP contribution < -0.4 is 0 Å². The van der Waals surface area contributed by atoms with E-state index in [1.165, 1.54) is 0 Å². The Bertz CT molecular complexity index is 389. The zero-order chi connectivity index (χ0) is 9.92. The molecule has 0 saturated heterocycles. The van der Waals surface area contributed by atoms with Crippen LogP contribution in [-0.4, -0.2) is 17.6 Å². The van der Waals surface area contributed by atoms with Gasteiger partial charge in [0.15, 0.2) is 5.71 Å². The molecule has 2 nitrogen and oxygen atoms in total. The predicted molar refractivity (Wildman–Crippen MR) is 45.2 cm³/mol. The minimum Gasteiger partial charge on any atom is -0.164 e. The highest BCUT2D eigenvalue weighted by molar-refractivity contribution is 6.30. The molecule has 0 aromatic heterocycles. The van der Waals surface area contributed by atoms with Crippen molar-refractivity contribution in [2.75, 3.05) is 0 Å². The number of rotatable bonds is 0. The molecule has 2 unspecified atom stereocenters. The van der Waals surface area contributed by atoms with Crippen molar-refractivity contribution < 1.29 is 13.2 Å². The molecule has 14 heavy (non-hydrogen) atoms. The van der Waals surface area contributed by atoms with E-state index >= 15 is 0 Å². The molecule has 74 valence electrons. The number of nitrogens with zero attached hydrogens (tertiary/aromatic N) is 2. The van der Waals surface area contributed by atoms with Gasteiger partial charge in [0, 0.05) is 11.5 Å². The molecule has 3 aliphatic rings. The lowest BCUT2D eigenvalue weighted by molar-refractivity contribution is -0.0579. The largest absolute Gasteiger partial charge is 0.435 e. The number of halogens is 3. The Labute approximate surface area is 78.2 Å². The minimum atomic E-state index is -4.36. The fourth-order valence-electron chi connectivity index (χ4n) is 2.13. The molecule has 0 bridgehead atoms. The van der Waals surface area contributed by atoms with E-state index in [1.807, 2.05) is 0 Å². The fourth-order valence-corrected chi connectivity index (χ4v) is 2.13. The summed E-state index contributed by atoms with van der Waals surface area (Å²) in [4.78, 5) is 0. The Morgan fingerprint density at radius 1 is 1.29 bits per heavy atom. The lowest BCUT2D eigenvalue weighted by Crippen LogP contribution is -2.27. The molecule has 0 radical (unpaired) electrons. The van der Waals surface area contributed by atoms with Crippen LogP contribution in [-0.2, 0) is 0 Å². The smallest absolute Gasteiger partial charge is 0.164 e. The topological polar surface area (TPSA) is 24.7 Å². The van der Waals surface area contributed by atoms with E-state index in [2.05, 4.69) is 10.2 Å². The molecule has 0 aromatic rings. The van der Waals surface area contributed by atoms with Gasteiger partial charge in [0.25, 0.3) is 0 Å². The first-order valence-corrected chi connectivity index (χ1v) is 4.51. The lowest BCUT2D eigenvalue weighted by Gasteiger charge is -2.12. The quantitative estimate of drug-likeness (QED) is 0.573. The van der Waals surface area contributed by atoms with Crippen molar-refractivity contribution in [2.24, 2.45) is 22.0 Å². The highest BCUT2D eigenvalue weighted by Gasteiger charge is 2.51. The molecule has 2 aliphatic carbocycles. The third kappa shape index (κ3) is 0.980. The number of fused-ring (bicyclic) bond motifs is 3. The third-order valence-corrected chi connectivity index (χ3v) is 2.96. The molecule has 1 fully saturated rings. The summed E-state index contributed by atoms with van der Waals surface area (Å²) in [6.45, 7) is 0. The van der Waals surface area contributed by atoms with Crippen LogP contribution in [0.4, 0.5) is 13.2 Å². The Hall–Kier alpha value is -1.13. The van der Waals surface area contributed by atoms with E-state index in [0.717, 1.165) is 12.8 Å². The van der Waals surface area contributed by atoms with Crippen LogP contribution >= 0.6 is 0 Å². The van der Waals surface area contributed by atoms with E-state index in [9.17, 15) is 13.2 Å². The average molecular weight is 200 g/mol. The maximum Gasteiger partial charge on any atom is 0.435 e. The van der Waals surface area contributed by atoms with Crippen LogP contribution in [0.25, 0.3) is 0 Å². The Balaban J connectivity index is 1.98. The first kappa shape index (κ1) is 8.20. The molecule has 0 spiro atoms. The Morgan fingerprint density at radius 2 is 2.07 bits per heavy atom. The summed E-state index contributed by atoms with van der Waals surface area (Å²) in [7, 11) is 0. The van der Waals surface area contributed by atoms with E-state index in [4.69, 9.17) is 0 Å². The lowest BCUT2D eigenvalue weighted by atomic mass is 9.94. The zero-order valence-electron chi connectivity index (χ0n) is 7.17. The van der Waals surface area contributed by atoms with Gasteiger partial charge in [0.1, 0.15) is 0 Å². The van der Waals surface area contributed by atoms with Crippen molar-refractivity contribution in [1.29, 1.82) is 0 Å². The summed E-state index contributed by atoms with van der Waals surface area (Å²) < 4.78 is 37.3. The summed E-state index contributed by atoms with van der Waals surface area (Å²) in [6, 6.07) is 0. The molecule has 1 aliphatic heterocycles. The fraction of sp³-hybridized carbons (Fsp3) is 0.556. The van der Waals surface area contributed by atoms with Crippen molar-refractivity contribution >= 4 is 11.4 Å². The molecule has 0 aromatic carbocycles. The van der Waals surface area contributed by atoms with Gasteiger partial charge in [-0.1, -0.05) is 6.08 Å². The number of hydrogen-bond acceptors (Lipinski definition) is 2. The average Bonchev–Trinajstić information content (AvgIpc) is 2.74. The summed E-state index contributed by atoms with van der Waals surface area (Å²) in [6.07, 6.45) is -1.02. The van der Waals surface area contributed by atoms with E-state index in [0.29, 0.717) is 11.6 Å². The normalized spacial score (nSPS) is 34.1. The van der Waals surface area contributed by atoms with Crippen LogP contribution in [0, 0.1) is 11.8 Å². The number of allylic oxidation sites excluding steroid dienone is 2. The van der Waals surface area contributed by atoms with Gasteiger partial charge in [-0.3, -0.25) is 0 Å². The molecule has 1 saturated carbocycles. The SMILES string of the molecule is FC(F)(F)C1=NN=C2C1=CCC1CC21. The first-order chi connectivity index (χ1) is 6.57. The van der Waals surface area contributed by atoms with Crippen molar-refractivity contribution in [3.63, 3.8) is 0 Å². The van der Waals surface area contributed by atoms with Crippen LogP contribution in [0.15, 0.2) is 21.9 Å². The summed E-state index contributed by atoms with van der Waals surface area (Å²) in [5, 5.41) is 6.88. The van der Waals surface area contributed by atoms with Gasteiger partial charge in [-0.15, -0.1) is 5.10 Å². The van der Waals surface area contributed by atoms with E-state index in [-0.39, 0.29) is 11.5 Å². The molecule has 5 heteroatoms. The van der Waals surface area contributed by atoms with Crippen LogP contribution in [0.3, 0.4) is 0 Å². The molecule has 0 amide bonds. The second-order valence-electron chi connectivity index (χ2n) is 3.89. The maximum absolute atomic E-state index is 12.4. The van der Waals surface area contributed by atoms with Gasteiger partial charge in [-0.25, -0.2) is 0 Å². The molecule has 0 N–H and O–H groups in total. The Morgan fingerprint density at radius 3 is 2.79 bits per heavy atom. The minimum absolute atomic E-state index is 0.233. The van der Waals surface area contributed by atoms with Gasteiger partial charge in [-0.2, -0.15) is 18.3 Å². The highest BCUT2D eigenvalue weighted by atomic mass is 19.4. The highest BCUT2D eigenvalue weighted by Crippen LogP contribution is 2.49. The van der Waals surface area contributed by atoms with Crippen molar-refractivity contribution in [3.8, 4) is 0 Å². The monoisotopic (exact) mass is 200 g/mol. The predicted octanol–water partition coefficient (Wildman–Crippen LogP) is 2.33. The third-order valence-electron chi connectivity index (χ3n) is 2.96. The van der Waals surface area contributed by atoms with E-state index < -0.39 is 11.9 Å². The zero-order valence-corrected chi connectivity index (χ0v) is 7.17.